The molecule has 1 fully saturated rings. The van der Waals surface area contributed by atoms with Crippen LogP contribution in [0.5, 0.6) is 11.6 Å². The Morgan fingerprint density at radius 2 is 1.78 bits per heavy atom. The first-order valence-corrected chi connectivity index (χ1v) is 12.2. The minimum Gasteiger partial charge on any atom is -0.473 e. The molecule has 1 atom stereocenters. The van der Waals surface area contributed by atoms with Crippen molar-refractivity contribution in [3.05, 3.63) is 65.7 Å². The maximum atomic E-state index is 12.6. The van der Waals surface area contributed by atoms with Gasteiger partial charge in [0.25, 0.3) is 5.88 Å². The zero-order chi connectivity index (χ0) is 26.4. The Balaban J connectivity index is 1.47. The summed E-state index contributed by atoms with van der Waals surface area (Å²) < 4.78 is 23.9. The number of ether oxygens (including phenoxy) is 4. The molecule has 2 amide bonds. The molecule has 0 bridgehead atoms. The lowest BCUT2D eigenvalue weighted by Crippen LogP contribution is -2.49. The lowest BCUT2D eigenvalue weighted by molar-refractivity contribution is -0.0561. The van der Waals surface area contributed by atoms with Crippen LogP contribution in [-0.2, 0) is 9.47 Å². The maximum Gasteiger partial charge on any atom is 0.418 e. The second-order valence-corrected chi connectivity index (χ2v) is 9.65. The van der Waals surface area contributed by atoms with Crippen LogP contribution in [0.4, 0.5) is 15.4 Å². The molecule has 37 heavy (non-hydrogen) atoms. The van der Waals surface area contributed by atoms with Gasteiger partial charge in [0.15, 0.2) is 5.82 Å². The highest BCUT2D eigenvalue weighted by atomic mass is 35.5. The summed E-state index contributed by atoms with van der Waals surface area (Å²) in [7, 11) is 0. The van der Waals surface area contributed by atoms with Gasteiger partial charge in [0, 0.05) is 6.54 Å². The Labute approximate surface area is 220 Å². The second-order valence-electron chi connectivity index (χ2n) is 9.27. The van der Waals surface area contributed by atoms with Crippen LogP contribution in [0.1, 0.15) is 20.8 Å². The lowest BCUT2D eigenvalue weighted by atomic mass is 10.2. The number of nitrogens with one attached hydrogen (secondary N) is 1. The van der Waals surface area contributed by atoms with Gasteiger partial charge in [0.1, 0.15) is 29.1 Å². The standard InChI is InChI=1S/C26H29ClN4O6/c1-26(2,3)37-25(33)30-14-15-34-20(16-30)17-35-23-21(27)22(31(29-23)18-10-6-4-7-11-18)28-24(32)36-19-12-8-5-9-13-19/h4-13,20H,14-17H2,1-3H3,(H,28,32). The largest absolute Gasteiger partial charge is 0.473 e. The van der Waals surface area contributed by atoms with E-state index in [-0.39, 0.29) is 23.3 Å². The Morgan fingerprint density at radius 3 is 2.46 bits per heavy atom. The van der Waals surface area contributed by atoms with Gasteiger partial charge in [-0.05, 0) is 45.0 Å². The molecule has 0 saturated carbocycles. The molecular weight excluding hydrogens is 500 g/mol. The van der Waals surface area contributed by atoms with Crippen LogP contribution >= 0.6 is 11.6 Å². The van der Waals surface area contributed by atoms with Crippen molar-refractivity contribution in [2.24, 2.45) is 0 Å². The Hall–Kier alpha value is -3.76. The van der Waals surface area contributed by atoms with E-state index >= 15 is 0 Å². The number of rotatable bonds is 6. The summed E-state index contributed by atoms with van der Waals surface area (Å²) in [5.41, 5.74) is 0.0591. The van der Waals surface area contributed by atoms with Gasteiger partial charge in [-0.3, -0.25) is 5.32 Å². The van der Waals surface area contributed by atoms with E-state index < -0.39 is 23.9 Å². The van der Waals surface area contributed by atoms with E-state index in [2.05, 4.69) is 10.4 Å². The van der Waals surface area contributed by atoms with Crippen LogP contribution in [0.3, 0.4) is 0 Å². The van der Waals surface area contributed by atoms with Crippen molar-refractivity contribution < 1.29 is 28.5 Å². The molecule has 10 nitrogen and oxygen atoms in total. The van der Waals surface area contributed by atoms with E-state index in [0.29, 0.717) is 31.1 Å². The number of carbonyl (C=O) groups excluding carboxylic acids is 2. The molecule has 3 aromatic rings. The van der Waals surface area contributed by atoms with Crippen LogP contribution in [0, 0.1) is 0 Å². The molecule has 196 valence electrons. The van der Waals surface area contributed by atoms with E-state index in [1.165, 1.54) is 4.68 Å². The highest BCUT2D eigenvalue weighted by molar-refractivity contribution is 6.34. The number of para-hydroxylation sites is 2. The second kappa shape index (κ2) is 11.5. The summed E-state index contributed by atoms with van der Waals surface area (Å²) in [6, 6.07) is 17.8. The molecule has 1 aromatic heterocycles. The first kappa shape index (κ1) is 26.3. The number of carbonyl (C=O) groups is 2. The summed E-state index contributed by atoms with van der Waals surface area (Å²) in [5, 5.41) is 7.20. The molecule has 1 aliphatic rings. The third-order valence-corrected chi connectivity index (χ3v) is 5.51. The number of morpholine rings is 1. The third kappa shape index (κ3) is 7.14. The molecule has 2 heterocycles. The molecular formula is C26H29ClN4O6. The number of nitrogens with zero attached hydrogens (tertiary/aromatic N) is 3. The van der Waals surface area contributed by atoms with E-state index in [0.717, 1.165) is 0 Å². The normalized spacial score (nSPS) is 15.7. The number of amides is 2. The summed E-state index contributed by atoms with van der Waals surface area (Å²) in [6.45, 7) is 6.60. The van der Waals surface area contributed by atoms with Crippen LogP contribution in [0.25, 0.3) is 5.69 Å². The van der Waals surface area contributed by atoms with Gasteiger partial charge in [0.05, 0.1) is 18.8 Å². The fourth-order valence-electron chi connectivity index (χ4n) is 3.54. The monoisotopic (exact) mass is 528 g/mol. The molecule has 1 unspecified atom stereocenters. The topological polar surface area (TPSA) is 104 Å². The fourth-order valence-corrected chi connectivity index (χ4v) is 3.76. The van der Waals surface area contributed by atoms with Gasteiger partial charge < -0.3 is 23.8 Å². The number of anilines is 1. The average Bonchev–Trinajstić information content (AvgIpc) is 3.18. The third-order valence-electron chi connectivity index (χ3n) is 5.17. The molecule has 11 heteroatoms. The van der Waals surface area contributed by atoms with Crippen LogP contribution in [-0.4, -0.2) is 64.9 Å². The molecule has 1 saturated heterocycles. The number of aromatic nitrogens is 2. The van der Waals surface area contributed by atoms with E-state index in [1.54, 1.807) is 29.2 Å². The maximum absolute atomic E-state index is 12.6. The first-order valence-electron chi connectivity index (χ1n) is 11.8. The summed E-state index contributed by atoms with van der Waals surface area (Å²) >= 11 is 6.59. The number of hydrogen-bond acceptors (Lipinski definition) is 7. The van der Waals surface area contributed by atoms with Crippen molar-refractivity contribution in [2.45, 2.75) is 32.5 Å². The van der Waals surface area contributed by atoms with Crippen LogP contribution in [0.2, 0.25) is 5.02 Å². The van der Waals surface area contributed by atoms with Crippen molar-refractivity contribution in [2.75, 3.05) is 31.6 Å². The van der Waals surface area contributed by atoms with Crippen LogP contribution < -0.4 is 14.8 Å². The molecule has 0 spiro atoms. The van der Waals surface area contributed by atoms with Gasteiger partial charge in [-0.15, -0.1) is 5.10 Å². The SMILES string of the molecule is CC(C)(C)OC(=O)N1CCOC(COc2nn(-c3ccccc3)c(NC(=O)Oc3ccccc3)c2Cl)C1. The highest BCUT2D eigenvalue weighted by Gasteiger charge is 2.29. The number of halogens is 1. The van der Waals surface area contributed by atoms with Gasteiger partial charge >= 0.3 is 12.2 Å². The smallest absolute Gasteiger partial charge is 0.418 e. The average molecular weight is 529 g/mol. The Kier molecular flexibility index (Phi) is 8.20. The van der Waals surface area contributed by atoms with Crippen molar-refractivity contribution >= 4 is 29.6 Å². The van der Waals surface area contributed by atoms with Gasteiger partial charge in [-0.2, -0.15) is 0 Å². The lowest BCUT2D eigenvalue weighted by Gasteiger charge is -2.33. The predicted molar refractivity (Wildman–Crippen MR) is 138 cm³/mol. The molecule has 0 aliphatic carbocycles. The van der Waals surface area contributed by atoms with E-state index in [1.807, 2.05) is 57.2 Å². The predicted octanol–water partition coefficient (Wildman–Crippen LogP) is 5.15. The Bertz CT molecular complexity index is 1210. The molecule has 1 aliphatic heterocycles. The van der Waals surface area contributed by atoms with Crippen molar-refractivity contribution in [3.63, 3.8) is 0 Å². The van der Waals surface area contributed by atoms with Crippen molar-refractivity contribution in [1.82, 2.24) is 14.7 Å². The quantitative estimate of drug-likeness (QED) is 0.471. The van der Waals surface area contributed by atoms with E-state index in [9.17, 15) is 9.59 Å². The molecule has 1 N–H and O–H groups in total. The van der Waals surface area contributed by atoms with Gasteiger partial charge in [0.2, 0.25) is 0 Å². The summed E-state index contributed by atoms with van der Waals surface area (Å²) in [6.07, 6.45) is -1.56. The fraction of sp³-hybridized carbons (Fsp3) is 0.346. The first-order chi connectivity index (χ1) is 17.7. The van der Waals surface area contributed by atoms with Crippen LogP contribution in [0.15, 0.2) is 60.7 Å². The zero-order valence-electron chi connectivity index (χ0n) is 20.8. The minimum absolute atomic E-state index is 0.0821. The Morgan fingerprint density at radius 1 is 1.11 bits per heavy atom. The minimum atomic E-state index is -0.736. The van der Waals surface area contributed by atoms with Crippen molar-refractivity contribution in [3.8, 4) is 17.3 Å². The van der Waals surface area contributed by atoms with Gasteiger partial charge in [-0.25, -0.2) is 14.3 Å². The van der Waals surface area contributed by atoms with Gasteiger partial charge in [-0.1, -0.05) is 48.0 Å². The van der Waals surface area contributed by atoms with E-state index in [4.69, 9.17) is 30.5 Å². The number of benzene rings is 2. The van der Waals surface area contributed by atoms with Crippen molar-refractivity contribution in [1.29, 1.82) is 0 Å². The highest BCUT2D eigenvalue weighted by Crippen LogP contribution is 2.34. The zero-order valence-corrected chi connectivity index (χ0v) is 21.6. The summed E-state index contributed by atoms with van der Waals surface area (Å²) in [5.74, 6) is 0.657. The molecule has 4 rings (SSSR count). The number of hydrogen-bond donors (Lipinski definition) is 1. The molecule has 0 radical (unpaired) electrons. The molecule has 2 aromatic carbocycles. The summed E-state index contributed by atoms with van der Waals surface area (Å²) in [4.78, 5) is 26.6.